The quantitative estimate of drug-likeness (QED) is 0.179. The van der Waals surface area contributed by atoms with Crippen molar-refractivity contribution in [3.63, 3.8) is 0 Å². The molecule has 9 nitrogen and oxygen atoms in total. The molecule has 0 unspecified atom stereocenters. The van der Waals surface area contributed by atoms with E-state index in [1.54, 1.807) is 23.7 Å². The van der Waals surface area contributed by atoms with E-state index in [9.17, 15) is 18.0 Å². The second kappa shape index (κ2) is 13.2. The standard InChI is InChI=1S/C27H34N4O5S/c1-30(2)24-15-9-14-23-22(24)13-10-16-25(23)37(35,36)31(18-8-4-7-17-26(32)29-34)20-27(33)28-19-21-11-5-3-6-12-21/h3,5-6,9-16,34H,4,7-8,17-20H2,1-2H3,(H,28,33)(H,29,32). The Hall–Kier alpha value is -3.47. The molecular formula is C27H34N4O5S. The minimum Gasteiger partial charge on any atom is -0.377 e. The fourth-order valence-corrected chi connectivity index (χ4v) is 5.76. The maximum atomic E-state index is 13.9. The highest BCUT2D eigenvalue weighted by Gasteiger charge is 2.28. The Morgan fingerprint density at radius 2 is 1.54 bits per heavy atom. The molecule has 0 fully saturated rings. The lowest BCUT2D eigenvalue weighted by molar-refractivity contribution is -0.129. The molecule has 2 amide bonds. The minimum atomic E-state index is -4.02. The fraction of sp³-hybridized carbons (Fsp3) is 0.333. The van der Waals surface area contributed by atoms with Crippen molar-refractivity contribution in [1.82, 2.24) is 15.1 Å². The number of rotatable bonds is 13. The third kappa shape index (κ3) is 7.51. The molecule has 0 spiro atoms. The Bertz CT molecular complexity index is 1310. The molecule has 0 aliphatic rings. The number of carbonyl (C=O) groups excluding carboxylic acids is 2. The number of hydroxylamine groups is 1. The van der Waals surface area contributed by atoms with E-state index < -0.39 is 21.8 Å². The van der Waals surface area contributed by atoms with Crippen molar-refractivity contribution in [1.29, 1.82) is 0 Å². The number of hydrogen-bond donors (Lipinski definition) is 3. The Kier molecular flexibility index (Phi) is 10.0. The molecule has 198 valence electrons. The number of unbranched alkanes of at least 4 members (excludes halogenated alkanes) is 2. The summed E-state index contributed by atoms with van der Waals surface area (Å²) in [5, 5.41) is 12.8. The molecule has 0 saturated carbocycles. The first-order chi connectivity index (χ1) is 17.7. The second-order valence-corrected chi connectivity index (χ2v) is 10.9. The maximum Gasteiger partial charge on any atom is 0.244 e. The molecule has 0 bridgehead atoms. The number of amides is 2. The average molecular weight is 527 g/mol. The molecule has 0 atom stereocenters. The van der Waals surface area contributed by atoms with Crippen molar-refractivity contribution in [2.24, 2.45) is 0 Å². The first-order valence-electron chi connectivity index (χ1n) is 12.2. The van der Waals surface area contributed by atoms with Crippen LogP contribution in [-0.2, 0) is 26.2 Å². The van der Waals surface area contributed by atoms with E-state index in [0.717, 1.165) is 16.6 Å². The number of hydrogen-bond acceptors (Lipinski definition) is 6. The van der Waals surface area contributed by atoms with Gasteiger partial charge in [0.25, 0.3) is 0 Å². The topological polar surface area (TPSA) is 119 Å². The lowest BCUT2D eigenvalue weighted by Crippen LogP contribution is -2.41. The van der Waals surface area contributed by atoms with Gasteiger partial charge in [-0.25, -0.2) is 13.9 Å². The SMILES string of the molecule is CN(C)c1cccc2c(S(=O)(=O)N(CCCCCC(=O)NO)CC(=O)NCc3ccccc3)cccc12. The number of anilines is 1. The molecule has 0 aliphatic heterocycles. The van der Waals surface area contributed by atoms with Gasteiger partial charge in [0.05, 0.1) is 11.4 Å². The minimum absolute atomic E-state index is 0.117. The summed E-state index contributed by atoms with van der Waals surface area (Å²) in [5.41, 5.74) is 3.40. The summed E-state index contributed by atoms with van der Waals surface area (Å²) in [6, 6.07) is 20.1. The van der Waals surface area contributed by atoms with Gasteiger partial charge in [-0.3, -0.25) is 14.8 Å². The number of benzene rings is 3. The van der Waals surface area contributed by atoms with E-state index in [0.29, 0.717) is 31.2 Å². The van der Waals surface area contributed by atoms with Gasteiger partial charge in [-0.05, 0) is 30.5 Å². The van der Waals surface area contributed by atoms with Gasteiger partial charge < -0.3 is 10.2 Å². The van der Waals surface area contributed by atoms with Crippen molar-refractivity contribution in [3.8, 4) is 0 Å². The average Bonchev–Trinajstić information content (AvgIpc) is 2.90. The lowest BCUT2D eigenvalue weighted by Gasteiger charge is -2.23. The van der Waals surface area contributed by atoms with Gasteiger partial charge in [0.1, 0.15) is 0 Å². The number of fused-ring (bicyclic) bond motifs is 1. The third-order valence-electron chi connectivity index (χ3n) is 6.05. The zero-order valence-corrected chi connectivity index (χ0v) is 22.0. The van der Waals surface area contributed by atoms with Crippen molar-refractivity contribution < 1.29 is 23.2 Å². The highest BCUT2D eigenvalue weighted by Crippen LogP contribution is 2.31. The van der Waals surface area contributed by atoms with Crippen molar-refractivity contribution in [2.75, 3.05) is 32.1 Å². The van der Waals surface area contributed by atoms with Crippen LogP contribution in [0.25, 0.3) is 10.8 Å². The van der Waals surface area contributed by atoms with Crippen molar-refractivity contribution >= 4 is 38.3 Å². The van der Waals surface area contributed by atoms with Crippen LogP contribution in [0.5, 0.6) is 0 Å². The third-order valence-corrected chi connectivity index (χ3v) is 7.95. The maximum absolute atomic E-state index is 13.9. The Morgan fingerprint density at radius 3 is 2.24 bits per heavy atom. The molecule has 0 aromatic heterocycles. The predicted molar refractivity (Wildman–Crippen MR) is 144 cm³/mol. The summed E-state index contributed by atoms with van der Waals surface area (Å²) in [5.74, 6) is -0.890. The lowest BCUT2D eigenvalue weighted by atomic mass is 10.1. The monoisotopic (exact) mass is 526 g/mol. The molecular weight excluding hydrogens is 492 g/mol. The number of carbonyl (C=O) groups is 2. The molecule has 0 aliphatic carbocycles. The normalized spacial score (nSPS) is 11.5. The number of nitrogens with one attached hydrogen (secondary N) is 2. The van der Waals surface area contributed by atoms with Crippen LogP contribution in [0.1, 0.15) is 31.2 Å². The summed E-state index contributed by atoms with van der Waals surface area (Å²) in [4.78, 5) is 26.2. The van der Waals surface area contributed by atoms with Crippen molar-refractivity contribution in [3.05, 3.63) is 72.3 Å². The van der Waals surface area contributed by atoms with E-state index in [-0.39, 0.29) is 24.4 Å². The van der Waals surface area contributed by atoms with Gasteiger partial charge in [0.2, 0.25) is 21.8 Å². The molecule has 3 aromatic carbocycles. The van der Waals surface area contributed by atoms with E-state index in [4.69, 9.17) is 5.21 Å². The summed E-state index contributed by atoms with van der Waals surface area (Å²) < 4.78 is 29.0. The second-order valence-electron chi connectivity index (χ2n) is 8.97. The fourth-order valence-electron chi connectivity index (χ4n) is 4.12. The van der Waals surface area contributed by atoms with Crippen LogP contribution >= 0.6 is 0 Å². The first kappa shape index (κ1) is 28.1. The first-order valence-corrected chi connectivity index (χ1v) is 13.6. The molecule has 0 heterocycles. The number of sulfonamides is 1. The van der Waals surface area contributed by atoms with Crippen LogP contribution in [0.4, 0.5) is 5.69 Å². The van der Waals surface area contributed by atoms with E-state index in [1.807, 2.05) is 67.5 Å². The Morgan fingerprint density at radius 1 is 0.838 bits per heavy atom. The van der Waals surface area contributed by atoms with E-state index in [1.165, 1.54) is 4.31 Å². The van der Waals surface area contributed by atoms with Crippen LogP contribution in [0.15, 0.2) is 71.6 Å². The van der Waals surface area contributed by atoms with E-state index >= 15 is 0 Å². The highest BCUT2D eigenvalue weighted by molar-refractivity contribution is 7.89. The zero-order valence-electron chi connectivity index (χ0n) is 21.2. The van der Waals surface area contributed by atoms with Gasteiger partial charge >= 0.3 is 0 Å². The summed E-state index contributed by atoms with van der Waals surface area (Å²) in [6.07, 6.45) is 1.64. The Labute approximate surface area is 218 Å². The molecule has 37 heavy (non-hydrogen) atoms. The zero-order chi connectivity index (χ0) is 26.8. The van der Waals surface area contributed by atoms with Gasteiger partial charge in [0, 0.05) is 50.1 Å². The highest BCUT2D eigenvalue weighted by atomic mass is 32.2. The molecule has 3 rings (SSSR count). The van der Waals surface area contributed by atoms with Crippen LogP contribution in [0, 0.1) is 0 Å². The van der Waals surface area contributed by atoms with Gasteiger partial charge in [-0.1, -0.05) is 61.0 Å². The Balaban J connectivity index is 1.84. The molecule has 10 heteroatoms. The van der Waals surface area contributed by atoms with Crippen LogP contribution in [0.2, 0.25) is 0 Å². The van der Waals surface area contributed by atoms with Crippen LogP contribution in [-0.4, -0.2) is 56.9 Å². The van der Waals surface area contributed by atoms with Crippen LogP contribution in [0.3, 0.4) is 0 Å². The van der Waals surface area contributed by atoms with Gasteiger partial charge in [0.15, 0.2) is 0 Å². The largest absolute Gasteiger partial charge is 0.377 e. The molecule has 3 aromatic rings. The smallest absolute Gasteiger partial charge is 0.244 e. The number of nitrogens with zero attached hydrogens (tertiary/aromatic N) is 2. The van der Waals surface area contributed by atoms with Gasteiger partial charge in [-0.15, -0.1) is 0 Å². The van der Waals surface area contributed by atoms with E-state index in [2.05, 4.69) is 5.32 Å². The van der Waals surface area contributed by atoms with Gasteiger partial charge in [-0.2, -0.15) is 4.31 Å². The predicted octanol–water partition coefficient (Wildman–Crippen LogP) is 3.28. The molecule has 0 saturated heterocycles. The molecule has 0 radical (unpaired) electrons. The summed E-state index contributed by atoms with van der Waals surface area (Å²) in [6.45, 7) is 0.0892. The van der Waals surface area contributed by atoms with Crippen molar-refractivity contribution in [2.45, 2.75) is 37.1 Å². The summed E-state index contributed by atoms with van der Waals surface area (Å²) >= 11 is 0. The molecule has 3 N–H and O–H groups in total. The van der Waals surface area contributed by atoms with Crippen LogP contribution < -0.4 is 15.7 Å². The summed E-state index contributed by atoms with van der Waals surface area (Å²) in [7, 11) is -0.223.